The first kappa shape index (κ1) is 18.2. The first-order valence-electron chi connectivity index (χ1n) is 8.27. The number of esters is 1. The van der Waals surface area contributed by atoms with Gasteiger partial charge in [0.25, 0.3) is 5.91 Å². The largest absolute Gasteiger partial charge is 0.452 e. The Kier molecular flexibility index (Phi) is 5.17. The molecule has 9 heteroatoms. The number of aromatic nitrogens is 2. The minimum absolute atomic E-state index is 0.0378. The molecule has 1 atom stereocenters. The molecule has 0 N–H and O–H groups in total. The zero-order valence-corrected chi connectivity index (χ0v) is 15.1. The fourth-order valence-corrected chi connectivity index (χ4v) is 4.77. The smallest absolute Gasteiger partial charge is 0.338 e. The molecule has 1 aliphatic heterocycles. The van der Waals surface area contributed by atoms with E-state index in [0.717, 1.165) is 0 Å². The summed E-state index contributed by atoms with van der Waals surface area (Å²) in [5.41, 5.74) is 1.48. The van der Waals surface area contributed by atoms with Gasteiger partial charge in [-0.2, -0.15) is 0 Å². The summed E-state index contributed by atoms with van der Waals surface area (Å²) in [6.07, 6.45) is 3.50. The van der Waals surface area contributed by atoms with E-state index in [2.05, 4.69) is 9.97 Å². The summed E-state index contributed by atoms with van der Waals surface area (Å²) in [4.78, 5) is 34.3. The lowest BCUT2D eigenvalue weighted by atomic mass is 10.2. The van der Waals surface area contributed by atoms with Crippen LogP contribution in [0.2, 0.25) is 0 Å². The number of sulfone groups is 1. The maximum Gasteiger partial charge on any atom is 0.338 e. The third-order valence-corrected chi connectivity index (χ3v) is 6.09. The normalized spacial score (nSPS) is 18.6. The molecule has 26 heavy (non-hydrogen) atoms. The molecule has 1 amide bonds. The summed E-state index contributed by atoms with van der Waals surface area (Å²) in [6, 6.07) is 4.41. The van der Waals surface area contributed by atoms with Gasteiger partial charge in [0.2, 0.25) is 0 Å². The number of hydrogen-bond acceptors (Lipinski definition) is 7. The van der Waals surface area contributed by atoms with Gasteiger partial charge in [0.15, 0.2) is 16.4 Å². The summed E-state index contributed by atoms with van der Waals surface area (Å²) in [7, 11) is -3.09. The van der Waals surface area contributed by atoms with Gasteiger partial charge in [0.05, 0.1) is 28.1 Å². The molecular weight excluding hydrogens is 358 g/mol. The fraction of sp³-hybridized carbons (Fsp3) is 0.412. The van der Waals surface area contributed by atoms with E-state index >= 15 is 0 Å². The summed E-state index contributed by atoms with van der Waals surface area (Å²) in [5, 5.41) is 0. The van der Waals surface area contributed by atoms with Gasteiger partial charge in [0, 0.05) is 25.0 Å². The lowest BCUT2D eigenvalue weighted by Crippen LogP contribution is -2.43. The minimum atomic E-state index is -3.09. The number of nitrogens with zero attached hydrogens (tertiary/aromatic N) is 3. The number of hydrogen-bond donors (Lipinski definition) is 0. The van der Waals surface area contributed by atoms with E-state index < -0.39 is 28.3 Å². The molecule has 1 aliphatic rings. The molecule has 1 aromatic heterocycles. The number of carbonyl (C=O) groups excluding carboxylic acids is 2. The maximum atomic E-state index is 12.4. The van der Waals surface area contributed by atoms with Crippen molar-refractivity contribution in [2.45, 2.75) is 19.4 Å². The second-order valence-corrected chi connectivity index (χ2v) is 8.30. The van der Waals surface area contributed by atoms with E-state index in [1.54, 1.807) is 31.3 Å². The van der Waals surface area contributed by atoms with Crippen LogP contribution < -0.4 is 0 Å². The zero-order chi connectivity index (χ0) is 18.7. The van der Waals surface area contributed by atoms with E-state index in [0.29, 0.717) is 24.0 Å². The topological polar surface area (TPSA) is 107 Å². The van der Waals surface area contributed by atoms with Crippen LogP contribution >= 0.6 is 0 Å². The molecule has 0 radical (unpaired) electrons. The van der Waals surface area contributed by atoms with Crippen molar-refractivity contribution in [3.63, 3.8) is 0 Å². The Morgan fingerprint density at radius 3 is 2.62 bits per heavy atom. The van der Waals surface area contributed by atoms with Crippen LogP contribution in [-0.2, 0) is 19.4 Å². The molecule has 0 spiro atoms. The number of rotatable bonds is 5. The van der Waals surface area contributed by atoms with Gasteiger partial charge in [-0.1, -0.05) is 0 Å². The van der Waals surface area contributed by atoms with Crippen LogP contribution in [0.15, 0.2) is 30.6 Å². The fourth-order valence-electron chi connectivity index (χ4n) is 3.04. The summed E-state index contributed by atoms with van der Waals surface area (Å²) in [5.74, 6) is -0.993. The number of carbonyl (C=O) groups is 2. The van der Waals surface area contributed by atoms with Gasteiger partial charge in [-0.25, -0.2) is 13.2 Å². The van der Waals surface area contributed by atoms with Gasteiger partial charge in [0.1, 0.15) is 0 Å². The molecule has 1 saturated heterocycles. The lowest BCUT2D eigenvalue weighted by molar-refractivity contribution is -0.136. The van der Waals surface area contributed by atoms with Gasteiger partial charge in [-0.05, 0) is 31.5 Å². The molecular formula is C17H19N3O5S. The van der Waals surface area contributed by atoms with Crippen LogP contribution in [0.4, 0.5) is 0 Å². The second kappa shape index (κ2) is 7.36. The third kappa shape index (κ3) is 3.98. The van der Waals surface area contributed by atoms with Crippen molar-refractivity contribution in [3.05, 3.63) is 36.2 Å². The van der Waals surface area contributed by atoms with Crippen LogP contribution in [0.3, 0.4) is 0 Å². The minimum Gasteiger partial charge on any atom is -0.452 e. The summed E-state index contributed by atoms with van der Waals surface area (Å²) >= 11 is 0. The Hall–Kier alpha value is -2.55. The standard InChI is InChI=1S/C17H19N3O5S/c1-2-20(13-5-8-26(23,24)11-13)16(21)10-25-17(22)12-3-4-14-15(9-12)19-7-6-18-14/h3-4,6-7,9,13H,2,5,8,10-11H2,1H3/t13-/m1/s1. The van der Waals surface area contributed by atoms with Gasteiger partial charge in [-0.3, -0.25) is 14.8 Å². The SMILES string of the molecule is CCN(C(=O)COC(=O)c1ccc2nccnc2c1)[C@@H]1CCS(=O)(=O)C1. The first-order chi connectivity index (χ1) is 12.4. The molecule has 2 aromatic rings. The highest BCUT2D eigenvalue weighted by molar-refractivity contribution is 7.91. The molecule has 0 saturated carbocycles. The summed E-state index contributed by atoms with van der Waals surface area (Å²) < 4.78 is 28.3. The average Bonchev–Trinajstić information content (AvgIpc) is 2.99. The predicted molar refractivity (Wildman–Crippen MR) is 94.3 cm³/mol. The van der Waals surface area contributed by atoms with Gasteiger partial charge >= 0.3 is 5.97 Å². The lowest BCUT2D eigenvalue weighted by Gasteiger charge is -2.26. The van der Waals surface area contributed by atoms with Crippen molar-refractivity contribution in [1.82, 2.24) is 14.9 Å². The van der Waals surface area contributed by atoms with E-state index in [-0.39, 0.29) is 23.1 Å². The van der Waals surface area contributed by atoms with Crippen molar-refractivity contribution >= 4 is 32.7 Å². The molecule has 2 heterocycles. The van der Waals surface area contributed by atoms with Crippen LogP contribution in [-0.4, -0.2) is 65.9 Å². The van der Waals surface area contributed by atoms with Crippen molar-refractivity contribution in [1.29, 1.82) is 0 Å². The van der Waals surface area contributed by atoms with Crippen LogP contribution in [0.5, 0.6) is 0 Å². The van der Waals surface area contributed by atoms with E-state index in [1.165, 1.54) is 11.1 Å². The van der Waals surface area contributed by atoms with Crippen molar-refractivity contribution in [3.8, 4) is 0 Å². The van der Waals surface area contributed by atoms with E-state index in [1.807, 2.05) is 0 Å². The zero-order valence-electron chi connectivity index (χ0n) is 14.3. The van der Waals surface area contributed by atoms with E-state index in [9.17, 15) is 18.0 Å². The van der Waals surface area contributed by atoms with Crippen LogP contribution in [0.25, 0.3) is 11.0 Å². The van der Waals surface area contributed by atoms with Crippen molar-refractivity contribution < 1.29 is 22.7 Å². The Morgan fingerprint density at radius 2 is 1.96 bits per heavy atom. The molecule has 138 valence electrons. The third-order valence-electron chi connectivity index (χ3n) is 4.34. The maximum absolute atomic E-state index is 12.4. The molecule has 0 aliphatic carbocycles. The number of benzene rings is 1. The van der Waals surface area contributed by atoms with Gasteiger partial charge < -0.3 is 9.64 Å². The highest BCUT2D eigenvalue weighted by Crippen LogP contribution is 2.18. The monoisotopic (exact) mass is 377 g/mol. The van der Waals surface area contributed by atoms with Crippen molar-refractivity contribution in [2.24, 2.45) is 0 Å². The quantitative estimate of drug-likeness (QED) is 0.710. The molecule has 1 aromatic carbocycles. The Labute approximate surface area is 151 Å². The number of amides is 1. The average molecular weight is 377 g/mol. The Morgan fingerprint density at radius 1 is 1.23 bits per heavy atom. The molecule has 3 rings (SSSR count). The summed E-state index contributed by atoms with van der Waals surface area (Å²) in [6.45, 7) is 1.70. The second-order valence-electron chi connectivity index (χ2n) is 6.07. The van der Waals surface area contributed by atoms with Crippen LogP contribution in [0.1, 0.15) is 23.7 Å². The van der Waals surface area contributed by atoms with Crippen LogP contribution in [0, 0.1) is 0 Å². The molecule has 0 unspecified atom stereocenters. The Bertz CT molecular complexity index is 944. The molecule has 0 bridgehead atoms. The molecule has 8 nitrogen and oxygen atoms in total. The number of fused-ring (bicyclic) bond motifs is 1. The Balaban J connectivity index is 1.63. The van der Waals surface area contributed by atoms with Crippen molar-refractivity contribution in [2.75, 3.05) is 24.7 Å². The number of ether oxygens (including phenoxy) is 1. The highest BCUT2D eigenvalue weighted by atomic mass is 32.2. The van der Waals surface area contributed by atoms with E-state index in [4.69, 9.17) is 4.74 Å². The molecule has 1 fully saturated rings. The first-order valence-corrected chi connectivity index (χ1v) is 10.1. The highest BCUT2D eigenvalue weighted by Gasteiger charge is 2.34. The predicted octanol–water partition coefficient (Wildman–Crippen LogP) is 0.822. The van der Waals surface area contributed by atoms with Gasteiger partial charge in [-0.15, -0.1) is 0 Å². The number of likely N-dealkylation sites (N-methyl/N-ethyl adjacent to an activating group) is 1.